The number of hydrogen-bond donors (Lipinski definition) is 0. The second kappa shape index (κ2) is 8.32. The number of halogens is 1. The highest BCUT2D eigenvalue weighted by molar-refractivity contribution is 9.09. The van der Waals surface area contributed by atoms with Gasteiger partial charge < -0.3 is 0 Å². The van der Waals surface area contributed by atoms with Crippen molar-refractivity contribution in [3.05, 3.63) is 11.6 Å². The minimum Gasteiger partial charge on any atom is -0.0928 e. The third-order valence-electron chi connectivity index (χ3n) is 1.64. The van der Waals surface area contributed by atoms with Crippen LogP contribution < -0.4 is 0 Å². The van der Waals surface area contributed by atoms with Crippen LogP contribution in [0, 0.1) is 0 Å². The van der Waals surface area contributed by atoms with Crippen molar-refractivity contribution in [3.63, 3.8) is 0 Å². The van der Waals surface area contributed by atoms with Crippen LogP contribution in [0.1, 0.15) is 46.0 Å². The summed E-state index contributed by atoms with van der Waals surface area (Å²) < 4.78 is 0. The first-order chi connectivity index (χ1) is 5.27. The van der Waals surface area contributed by atoms with Crippen molar-refractivity contribution >= 4 is 15.9 Å². The molecule has 0 bridgehead atoms. The van der Waals surface area contributed by atoms with Crippen molar-refractivity contribution in [3.8, 4) is 0 Å². The Hall–Kier alpha value is 0.220. The largest absolute Gasteiger partial charge is 0.0928 e. The van der Waals surface area contributed by atoms with Gasteiger partial charge in [-0.1, -0.05) is 40.4 Å². The summed E-state index contributed by atoms with van der Waals surface area (Å²) in [5.74, 6) is 0. The Bertz CT molecular complexity index is 101. The fraction of sp³-hybridized carbons (Fsp3) is 0.800. The maximum Gasteiger partial charge on any atom is 0.00313 e. The molecule has 0 N–H and O–H groups in total. The van der Waals surface area contributed by atoms with Crippen LogP contribution in [0.25, 0.3) is 0 Å². The van der Waals surface area contributed by atoms with Gasteiger partial charge in [-0.15, -0.1) is 0 Å². The van der Waals surface area contributed by atoms with Crippen LogP contribution in [0.3, 0.4) is 0 Å². The van der Waals surface area contributed by atoms with Gasteiger partial charge in [-0.25, -0.2) is 0 Å². The van der Waals surface area contributed by atoms with Gasteiger partial charge in [0.2, 0.25) is 0 Å². The van der Waals surface area contributed by atoms with Crippen LogP contribution >= 0.6 is 15.9 Å². The summed E-state index contributed by atoms with van der Waals surface area (Å²) in [5.41, 5.74) is 1.45. The minimum atomic E-state index is 1.16. The monoisotopic (exact) mass is 218 g/mol. The molecule has 0 unspecified atom stereocenters. The first-order valence-electron chi connectivity index (χ1n) is 4.46. The zero-order chi connectivity index (χ0) is 8.53. The fourth-order valence-corrected chi connectivity index (χ4v) is 1.38. The third kappa shape index (κ3) is 10.2. The van der Waals surface area contributed by atoms with E-state index in [1.165, 1.54) is 37.7 Å². The van der Waals surface area contributed by atoms with Crippen LogP contribution in [0.15, 0.2) is 11.6 Å². The van der Waals surface area contributed by atoms with E-state index in [2.05, 4.69) is 35.9 Å². The molecule has 0 aliphatic carbocycles. The molecule has 0 aliphatic rings. The Kier molecular flexibility index (Phi) is 8.48. The summed E-state index contributed by atoms with van der Waals surface area (Å²) in [4.78, 5) is 0. The molecule has 0 radical (unpaired) electrons. The van der Waals surface area contributed by atoms with E-state index in [4.69, 9.17) is 0 Å². The Labute approximate surface area is 79.2 Å². The first kappa shape index (κ1) is 11.2. The van der Waals surface area contributed by atoms with E-state index in [0.717, 1.165) is 5.33 Å². The van der Waals surface area contributed by atoms with Crippen LogP contribution in [0.2, 0.25) is 0 Å². The Morgan fingerprint density at radius 2 is 1.73 bits per heavy atom. The van der Waals surface area contributed by atoms with Gasteiger partial charge in [0.15, 0.2) is 0 Å². The van der Waals surface area contributed by atoms with E-state index in [1.807, 2.05) is 0 Å². The van der Waals surface area contributed by atoms with Crippen molar-refractivity contribution in [2.45, 2.75) is 46.0 Å². The van der Waals surface area contributed by atoms with Crippen molar-refractivity contribution in [2.75, 3.05) is 5.33 Å². The van der Waals surface area contributed by atoms with E-state index in [1.54, 1.807) is 0 Å². The molecule has 0 amide bonds. The van der Waals surface area contributed by atoms with Crippen LogP contribution in [0.4, 0.5) is 0 Å². The van der Waals surface area contributed by atoms with E-state index in [-0.39, 0.29) is 0 Å². The molecule has 66 valence electrons. The lowest BCUT2D eigenvalue weighted by Gasteiger charge is -1.96. The van der Waals surface area contributed by atoms with Gasteiger partial charge in [-0.05, 0) is 33.1 Å². The topological polar surface area (TPSA) is 0 Å². The molecule has 11 heavy (non-hydrogen) atoms. The van der Waals surface area contributed by atoms with Crippen molar-refractivity contribution in [2.24, 2.45) is 0 Å². The Morgan fingerprint density at radius 3 is 2.27 bits per heavy atom. The number of hydrogen-bond acceptors (Lipinski definition) is 0. The highest BCUT2D eigenvalue weighted by atomic mass is 79.9. The number of allylic oxidation sites excluding steroid dienone is 2. The lowest BCUT2D eigenvalue weighted by atomic mass is 10.1. The molecule has 0 nitrogen and oxygen atoms in total. The average Bonchev–Trinajstić information content (AvgIpc) is 1.96. The summed E-state index contributed by atoms with van der Waals surface area (Å²) in [7, 11) is 0. The maximum atomic E-state index is 3.43. The molecule has 0 fully saturated rings. The van der Waals surface area contributed by atoms with Gasteiger partial charge in [0.25, 0.3) is 0 Å². The minimum absolute atomic E-state index is 1.16. The quantitative estimate of drug-likeness (QED) is 0.355. The molecule has 0 aromatic carbocycles. The van der Waals surface area contributed by atoms with Gasteiger partial charge in [0.05, 0.1) is 0 Å². The molecule has 0 saturated heterocycles. The molecular formula is C10H19Br. The lowest BCUT2D eigenvalue weighted by Crippen LogP contribution is -1.78. The molecular weight excluding hydrogens is 200 g/mol. The standard InChI is InChI=1S/C10H19Br/c1-10(2)8-6-4-3-5-7-9-11/h8H,3-7,9H2,1-2H3. The number of alkyl halides is 1. The van der Waals surface area contributed by atoms with Gasteiger partial charge in [-0.2, -0.15) is 0 Å². The third-order valence-corrected chi connectivity index (χ3v) is 2.20. The summed E-state index contributed by atoms with van der Waals surface area (Å²) in [6.45, 7) is 4.33. The molecule has 0 heterocycles. The number of rotatable bonds is 6. The first-order valence-corrected chi connectivity index (χ1v) is 5.59. The zero-order valence-corrected chi connectivity index (χ0v) is 9.28. The second-order valence-corrected chi connectivity index (χ2v) is 3.97. The average molecular weight is 219 g/mol. The van der Waals surface area contributed by atoms with E-state index in [0.29, 0.717) is 0 Å². The van der Waals surface area contributed by atoms with Crippen LogP contribution in [-0.2, 0) is 0 Å². The second-order valence-electron chi connectivity index (χ2n) is 3.17. The van der Waals surface area contributed by atoms with Gasteiger partial charge in [0.1, 0.15) is 0 Å². The molecule has 0 atom stereocenters. The molecule has 1 heteroatoms. The Morgan fingerprint density at radius 1 is 1.09 bits per heavy atom. The van der Waals surface area contributed by atoms with Crippen molar-refractivity contribution in [1.82, 2.24) is 0 Å². The zero-order valence-electron chi connectivity index (χ0n) is 7.70. The Balaban J connectivity index is 2.97. The SMILES string of the molecule is CC(C)=CCCCCCCBr. The summed E-state index contributed by atoms with van der Waals surface area (Å²) in [6, 6.07) is 0. The molecule has 0 aromatic heterocycles. The summed E-state index contributed by atoms with van der Waals surface area (Å²) >= 11 is 3.43. The molecule has 0 spiro atoms. The van der Waals surface area contributed by atoms with E-state index < -0.39 is 0 Å². The van der Waals surface area contributed by atoms with Crippen molar-refractivity contribution < 1.29 is 0 Å². The van der Waals surface area contributed by atoms with Crippen LogP contribution in [-0.4, -0.2) is 5.33 Å². The van der Waals surface area contributed by atoms with Gasteiger partial charge in [0, 0.05) is 5.33 Å². The predicted molar refractivity (Wildman–Crippen MR) is 56.3 cm³/mol. The summed E-state index contributed by atoms with van der Waals surface area (Å²) in [5, 5.41) is 1.16. The number of unbranched alkanes of at least 4 members (excludes halogenated alkanes) is 4. The highest BCUT2D eigenvalue weighted by Gasteiger charge is 1.86. The maximum absolute atomic E-state index is 3.43. The van der Waals surface area contributed by atoms with Crippen molar-refractivity contribution in [1.29, 1.82) is 0 Å². The predicted octanol–water partition coefficient (Wildman–Crippen LogP) is 4.30. The fourth-order valence-electron chi connectivity index (χ4n) is 0.983. The van der Waals surface area contributed by atoms with E-state index >= 15 is 0 Å². The normalized spacial score (nSPS) is 9.73. The lowest BCUT2D eigenvalue weighted by molar-refractivity contribution is 0.678. The van der Waals surface area contributed by atoms with Crippen LogP contribution in [0.5, 0.6) is 0 Å². The molecule has 0 saturated carbocycles. The van der Waals surface area contributed by atoms with E-state index in [9.17, 15) is 0 Å². The van der Waals surface area contributed by atoms with Gasteiger partial charge in [-0.3, -0.25) is 0 Å². The molecule has 0 aromatic rings. The summed E-state index contributed by atoms with van der Waals surface area (Å²) in [6.07, 6.45) is 9.04. The molecule has 0 rings (SSSR count). The highest BCUT2D eigenvalue weighted by Crippen LogP contribution is 2.06. The molecule has 0 aliphatic heterocycles. The smallest absolute Gasteiger partial charge is 0.00313 e. The van der Waals surface area contributed by atoms with Gasteiger partial charge >= 0.3 is 0 Å².